The minimum Gasteiger partial charge on any atom is -0.467 e. The van der Waals surface area contributed by atoms with Crippen molar-refractivity contribution in [1.82, 2.24) is 10.6 Å². The molecule has 0 fully saturated rings. The number of ether oxygens (including phenoxy) is 1. The third-order valence-electron chi connectivity index (χ3n) is 3.25. The summed E-state index contributed by atoms with van der Waals surface area (Å²) in [7, 11) is 1.75. The number of carbonyl (C=O) groups excluding carboxylic acids is 1. The first-order valence-corrected chi connectivity index (χ1v) is 8.59. The molecule has 1 aromatic rings. The molecule has 0 saturated heterocycles. The van der Waals surface area contributed by atoms with Gasteiger partial charge < -0.3 is 19.8 Å². The van der Waals surface area contributed by atoms with Gasteiger partial charge in [-0.05, 0) is 45.7 Å². The van der Waals surface area contributed by atoms with Gasteiger partial charge >= 0.3 is 5.97 Å². The molecule has 0 aliphatic rings. The highest BCUT2D eigenvalue weighted by Crippen LogP contribution is 2.10. The second-order valence-corrected chi connectivity index (χ2v) is 6.68. The lowest BCUT2D eigenvalue weighted by Gasteiger charge is -2.19. The number of hydrogen-bond donors (Lipinski definition) is 2. The number of guanidine groups is 1. The summed E-state index contributed by atoms with van der Waals surface area (Å²) in [6.07, 6.45) is 6.17. The predicted octanol–water partition coefficient (Wildman–Crippen LogP) is 3.85. The van der Waals surface area contributed by atoms with Gasteiger partial charge in [0.1, 0.15) is 11.4 Å². The van der Waals surface area contributed by atoms with Crippen LogP contribution in [0.5, 0.6) is 0 Å². The largest absolute Gasteiger partial charge is 0.467 e. The number of unbranched alkanes of at least 4 members (excludes halogenated alkanes) is 3. The van der Waals surface area contributed by atoms with Crippen molar-refractivity contribution in [3.05, 3.63) is 24.2 Å². The highest BCUT2D eigenvalue weighted by atomic mass is 127. The molecule has 0 radical (unpaired) electrons. The van der Waals surface area contributed by atoms with Crippen molar-refractivity contribution in [2.75, 3.05) is 13.6 Å². The zero-order valence-electron chi connectivity index (χ0n) is 15.8. The van der Waals surface area contributed by atoms with Crippen LogP contribution in [-0.2, 0) is 16.1 Å². The summed E-state index contributed by atoms with van der Waals surface area (Å²) in [4.78, 5) is 15.7. The molecular weight excluding hydrogens is 433 g/mol. The quantitative estimate of drug-likeness (QED) is 0.191. The normalized spacial score (nSPS) is 11.6. The van der Waals surface area contributed by atoms with E-state index in [1.807, 2.05) is 32.9 Å². The maximum atomic E-state index is 11.6. The number of esters is 1. The summed E-state index contributed by atoms with van der Waals surface area (Å²) in [5, 5.41) is 6.46. The molecule has 0 aliphatic carbocycles. The molecule has 2 N–H and O–H groups in total. The molecule has 6 nitrogen and oxygen atoms in total. The summed E-state index contributed by atoms with van der Waals surface area (Å²) in [5.74, 6) is 1.53. The third-order valence-corrected chi connectivity index (χ3v) is 3.25. The van der Waals surface area contributed by atoms with Gasteiger partial charge in [-0.3, -0.25) is 9.79 Å². The van der Waals surface area contributed by atoms with Crippen molar-refractivity contribution in [2.45, 2.75) is 65.0 Å². The van der Waals surface area contributed by atoms with Crippen LogP contribution in [-0.4, -0.2) is 31.1 Å². The van der Waals surface area contributed by atoms with Gasteiger partial charge in [0.25, 0.3) is 0 Å². The summed E-state index contributed by atoms with van der Waals surface area (Å²) >= 11 is 0. The first-order chi connectivity index (χ1) is 11.4. The smallest absolute Gasteiger partial charge is 0.306 e. The van der Waals surface area contributed by atoms with E-state index in [0.29, 0.717) is 13.0 Å². The standard InChI is InChI=1S/C18H31N3O3.HI/c1-18(2,3)24-16(22)11-7-5-6-8-12-20-17(19-4)21-14-15-10-9-13-23-15;/h9-10,13H,5-8,11-12,14H2,1-4H3,(H2,19,20,21);1H. The van der Waals surface area contributed by atoms with Gasteiger partial charge in [0.15, 0.2) is 5.96 Å². The lowest BCUT2D eigenvalue weighted by molar-refractivity contribution is -0.154. The molecule has 0 saturated carbocycles. The Labute approximate surface area is 168 Å². The van der Waals surface area contributed by atoms with Crippen LogP contribution in [0.15, 0.2) is 27.8 Å². The fraction of sp³-hybridized carbons (Fsp3) is 0.667. The van der Waals surface area contributed by atoms with Crippen LogP contribution in [0.25, 0.3) is 0 Å². The van der Waals surface area contributed by atoms with E-state index >= 15 is 0 Å². The molecule has 0 unspecified atom stereocenters. The molecule has 1 aromatic heterocycles. The molecule has 25 heavy (non-hydrogen) atoms. The van der Waals surface area contributed by atoms with Crippen molar-refractivity contribution in [3.63, 3.8) is 0 Å². The van der Waals surface area contributed by atoms with Crippen LogP contribution in [0.4, 0.5) is 0 Å². The molecule has 0 amide bonds. The van der Waals surface area contributed by atoms with Gasteiger partial charge in [0, 0.05) is 20.0 Å². The minimum atomic E-state index is -0.389. The second-order valence-electron chi connectivity index (χ2n) is 6.68. The van der Waals surface area contributed by atoms with E-state index in [-0.39, 0.29) is 35.5 Å². The van der Waals surface area contributed by atoms with Crippen molar-refractivity contribution in [2.24, 2.45) is 4.99 Å². The Balaban J connectivity index is 0.00000576. The molecule has 0 spiro atoms. The Bertz CT molecular complexity index is 496. The van der Waals surface area contributed by atoms with E-state index in [9.17, 15) is 4.79 Å². The molecular formula is C18H32IN3O3. The molecule has 144 valence electrons. The lowest BCUT2D eigenvalue weighted by Crippen LogP contribution is -2.37. The second kappa shape index (κ2) is 13.0. The molecule has 7 heteroatoms. The van der Waals surface area contributed by atoms with Gasteiger partial charge in [0.2, 0.25) is 0 Å². The molecule has 1 rings (SSSR count). The van der Waals surface area contributed by atoms with Crippen LogP contribution < -0.4 is 10.6 Å². The van der Waals surface area contributed by atoms with Crippen LogP contribution >= 0.6 is 24.0 Å². The number of nitrogens with one attached hydrogen (secondary N) is 2. The number of aliphatic imine (C=N–C) groups is 1. The number of hydrogen-bond acceptors (Lipinski definition) is 4. The molecule has 0 bridgehead atoms. The van der Waals surface area contributed by atoms with Gasteiger partial charge in [-0.15, -0.1) is 24.0 Å². The highest BCUT2D eigenvalue weighted by Gasteiger charge is 2.15. The van der Waals surface area contributed by atoms with E-state index in [1.165, 1.54) is 0 Å². The van der Waals surface area contributed by atoms with Crippen LogP contribution in [0.1, 0.15) is 58.6 Å². The summed E-state index contributed by atoms with van der Waals surface area (Å²) in [6, 6.07) is 3.79. The zero-order chi connectivity index (χ0) is 17.8. The Kier molecular flexibility index (Phi) is 12.4. The molecule has 0 atom stereocenters. The highest BCUT2D eigenvalue weighted by molar-refractivity contribution is 14.0. The van der Waals surface area contributed by atoms with Crippen LogP contribution in [0.2, 0.25) is 0 Å². The lowest BCUT2D eigenvalue weighted by atomic mass is 10.1. The topological polar surface area (TPSA) is 75.9 Å². The van der Waals surface area contributed by atoms with Crippen molar-refractivity contribution in [1.29, 1.82) is 0 Å². The fourth-order valence-corrected chi connectivity index (χ4v) is 2.15. The SMILES string of the molecule is CN=C(NCCCCCCC(=O)OC(C)(C)C)NCc1ccco1.I. The first-order valence-electron chi connectivity index (χ1n) is 8.59. The van der Waals surface area contributed by atoms with E-state index in [2.05, 4.69) is 15.6 Å². The zero-order valence-corrected chi connectivity index (χ0v) is 18.1. The van der Waals surface area contributed by atoms with Gasteiger partial charge in [-0.2, -0.15) is 0 Å². The van der Waals surface area contributed by atoms with Gasteiger partial charge in [-0.1, -0.05) is 12.8 Å². The molecule has 0 aliphatic heterocycles. The van der Waals surface area contributed by atoms with E-state index in [0.717, 1.165) is 43.9 Å². The van der Waals surface area contributed by atoms with E-state index < -0.39 is 0 Å². The Morgan fingerprint density at radius 1 is 1.20 bits per heavy atom. The van der Waals surface area contributed by atoms with Crippen LogP contribution in [0.3, 0.4) is 0 Å². The van der Waals surface area contributed by atoms with E-state index in [4.69, 9.17) is 9.15 Å². The Hall–Kier alpha value is -1.25. The number of halogens is 1. The fourth-order valence-electron chi connectivity index (χ4n) is 2.15. The number of furan rings is 1. The van der Waals surface area contributed by atoms with Crippen molar-refractivity contribution < 1.29 is 13.9 Å². The summed E-state index contributed by atoms with van der Waals surface area (Å²) < 4.78 is 10.6. The Morgan fingerprint density at radius 3 is 2.52 bits per heavy atom. The minimum absolute atomic E-state index is 0. The van der Waals surface area contributed by atoms with Crippen LogP contribution in [0, 0.1) is 0 Å². The molecule has 1 heterocycles. The monoisotopic (exact) mass is 465 g/mol. The van der Waals surface area contributed by atoms with Gasteiger partial charge in [0.05, 0.1) is 12.8 Å². The van der Waals surface area contributed by atoms with Crippen molar-refractivity contribution in [3.8, 4) is 0 Å². The summed E-state index contributed by atoms with van der Waals surface area (Å²) in [5.41, 5.74) is -0.389. The summed E-state index contributed by atoms with van der Waals surface area (Å²) in [6.45, 7) is 7.14. The maximum absolute atomic E-state index is 11.6. The average molecular weight is 465 g/mol. The molecule has 0 aromatic carbocycles. The number of carbonyl (C=O) groups is 1. The Morgan fingerprint density at radius 2 is 1.92 bits per heavy atom. The third kappa shape index (κ3) is 12.7. The first kappa shape index (κ1) is 23.8. The predicted molar refractivity (Wildman–Crippen MR) is 111 cm³/mol. The van der Waals surface area contributed by atoms with Gasteiger partial charge in [-0.25, -0.2) is 0 Å². The average Bonchev–Trinajstić information content (AvgIpc) is 3.00. The number of nitrogens with zero attached hydrogens (tertiary/aromatic N) is 1. The van der Waals surface area contributed by atoms with E-state index in [1.54, 1.807) is 13.3 Å². The number of rotatable bonds is 9. The van der Waals surface area contributed by atoms with Crippen molar-refractivity contribution >= 4 is 35.9 Å². The maximum Gasteiger partial charge on any atom is 0.306 e.